The van der Waals surface area contributed by atoms with E-state index in [4.69, 9.17) is 9.97 Å². The molecule has 0 aliphatic carbocycles. The standard InChI is InChI=1S/C43H29N3/c1-2-8-30(9-3-1)31-15-21-35(22-16-31)41-28-42(46-43(45-41)37-25-17-32(18-26-37)38-12-7-27-44-29-38)36-23-19-34(20-24-36)40-14-6-11-33-10-4-5-13-39(33)40/h1-29H. The molecule has 2 aromatic heterocycles. The summed E-state index contributed by atoms with van der Waals surface area (Å²) in [4.78, 5) is 14.4. The molecule has 0 saturated carbocycles. The Morgan fingerprint density at radius 3 is 1.54 bits per heavy atom. The molecule has 0 radical (unpaired) electrons. The summed E-state index contributed by atoms with van der Waals surface area (Å²) in [5.74, 6) is 0.690. The molecule has 216 valence electrons. The van der Waals surface area contributed by atoms with Crippen molar-refractivity contribution in [2.75, 3.05) is 0 Å². The predicted molar refractivity (Wildman–Crippen MR) is 190 cm³/mol. The van der Waals surface area contributed by atoms with Crippen LogP contribution in [0.3, 0.4) is 0 Å². The second-order valence-corrected chi connectivity index (χ2v) is 11.3. The fourth-order valence-corrected chi connectivity index (χ4v) is 5.98. The smallest absolute Gasteiger partial charge is 0.160 e. The average molecular weight is 588 g/mol. The van der Waals surface area contributed by atoms with E-state index in [-0.39, 0.29) is 0 Å². The van der Waals surface area contributed by atoms with Crippen molar-refractivity contribution in [2.45, 2.75) is 0 Å². The Bertz CT molecular complexity index is 2150. The highest BCUT2D eigenvalue weighted by atomic mass is 14.9. The third kappa shape index (κ3) is 5.47. The zero-order chi connectivity index (χ0) is 30.7. The lowest BCUT2D eigenvalue weighted by Crippen LogP contribution is -1.96. The van der Waals surface area contributed by atoms with Gasteiger partial charge in [0.1, 0.15) is 0 Å². The van der Waals surface area contributed by atoms with Gasteiger partial charge in [0.2, 0.25) is 0 Å². The first-order valence-corrected chi connectivity index (χ1v) is 15.4. The third-order valence-corrected chi connectivity index (χ3v) is 8.43. The van der Waals surface area contributed by atoms with Gasteiger partial charge in [0.15, 0.2) is 5.82 Å². The molecule has 6 aromatic carbocycles. The van der Waals surface area contributed by atoms with Gasteiger partial charge in [-0.05, 0) is 56.3 Å². The lowest BCUT2D eigenvalue weighted by Gasteiger charge is -2.12. The second kappa shape index (κ2) is 12.1. The van der Waals surface area contributed by atoms with Gasteiger partial charge in [-0.25, -0.2) is 9.97 Å². The molecule has 0 aliphatic heterocycles. The summed E-state index contributed by atoms with van der Waals surface area (Å²) >= 11 is 0. The highest BCUT2D eigenvalue weighted by Crippen LogP contribution is 2.33. The van der Waals surface area contributed by atoms with Gasteiger partial charge in [-0.1, -0.05) is 152 Å². The van der Waals surface area contributed by atoms with Crippen LogP contribution in [0.5, 0.6) is 0 Å². The molecule has 0 amide bonds. The third-order valence-electron chi connectivity index (χ3n) is 8.43. The highest BCUT2D eigenvalue weighted by Gasteiger charge is 2.12. The molecule has 0 bridgehead atoms. The van der Waals surface area contributed by atoms with Gasteiger partial charge < -0.3 is 0 Å². The Balaban J connectivity index is 1.19. The Hall–Kier alpha value is -6.19. The van der Waals surface area contributed by atoms with Gasteiger partial charge in [-0.15, -0.1) is 0 Å². The molecule has 3 heteroatoms. The zero-order valence-electron chi connectivity index (χ0n) is 25.1. The number of pyridine rings is 1. The van der Waals surface area contributed by atoms with E-state index in [2.05, 4.69) is 157 Å². The monoisotopic (exact) mass is 587 g/mol. The maximum atomic E-state index is 5.10. The molecule has 46 heavy (non-hydrogen) atoms. The van der Waals surface area contributed by atoms with Crippen molar-refractivity contribution in [3.05, 3.63) is 176 Å². The van der Waals surface area contributed by atoms with Crippen LogP contribution in [-0.2, 0) is 0 Å². The van der Waals surface area contributed by atoms with Crippen molar-refractivity contribution in [1.82, 2.24) is 15.0 Å². The van der Waals surface area contributed by atoms with E-state index in [1.54, 1.807) is 6.20 Å². The first-order chi connectivity index (χ1) is 22.8. The number of hydrogen-bond acceptors (Lipinski definition) is 3. The molecule has 8 aromatic rings. The van der Waals surface area contributed by atoms with E-state index in [9.17, 15) is 0 Å². The molecular weight excluding hydrogens is 558 g/mol. The fraction of sp³-hybridized carbons (Fsp3) is 0. The molecule has 0 aliphatic rings. The summed E-state index contributed by atoms with van der Waals surface area (Å²) in [6.07, 6.45) is 3.67. The molecule has 2 heterocycles. The number of hydrogen-bond donors (Lipinski definition) is 0. The summed E-state index contributed by atoms with van der Waals surface area (Å²) in [6.45, 7) is 0. The molecule has 0 spiro atoms. The maximum Gasteiger partial charge on any atom is 0.160 e. The lowest BCUT2D eigenvalue weighted by atomic mass is 9.97. The van der Waals surface area contributed by atoms with Crippen LogP contribution in [-0.4, -0.2) is 15.0 Å². The van der Waals surface area contributed by atoms with Gasteiger partial charge in [0, 0.05) is 29.1 Å². The van der Waals surface area contributed by atoms with Crippen LogP contribution in [0.4, 0.5) is 0 Å². The zero-order valence-corrected chi connectivity index (χ0v) is 25.1. The van der Waals surface area contributed by atoms with Crippen molar-refractivity contribution in [3.63, 3.8) is 0 Å². The molecule has 0 unspecified atom stereocenters. The minimum Gasteiger partial charge on any atom is -0.264 e. The number of aromatic nitrogens is 3. The van der Waals surface area contributed by atoms with Gasteiger partial charge in [-0.3, -0.25) is 4.98 Å². The van der Waals surface area contributed by atoms with Crippen LogP contribution in [0.15, 0.2) is 176 Å². The predicted octanol–water partition coefficient (Wildman–Crippen LogP) is 11.0. The number of fused-ring (bicyclic) bond motifs is 1. The molecule has 0 fully saturated rings. The van der Waals surface area contributed by atoms with Gasteiger partial charge in [-0.2, -0.15) is 0 Å². The fourth-order valence-electron chi connectivity index (χ4n) is 5.98. The average Bonchev–Trinajstić information content (AvgIpc) is 3.15. The van der Waals surface area contributed by atoms with E-state index < -0.39 is 0 Å². The summed E-state index contributed by atoms with van der Waals surface area (Å²) in [5, 5.41) is 2.49. The molecule has 3 nitrogen and oxygen atoms in total. The summed E-state index contributed by atoms with van der Waals surface area (Å²) in [5.41, 5.74) is 11.8. The minimum absolute atomic E-state index is 0.690. The van der Waals surface area contributed by atoms with E-state index >= 15 is 0 Å². The molecule has 0 N–H and O–H groups in total. The Labute approximate surface area is 268 Å². The molecule has 8 rings (SSSR count). The van der Waals surface area contributed by atoms with E-state index in [0.29, 0.717) is 5.82 Å². The first kappa shape index (κ1) is 27.4. The van der Waals surface area contributed by atoms with Gasteiger partial charge in [0.25, 0.3) is 0 Å². The molecular formula is C43H29N3. The van der Waals surface area contributed by atoms with Crippen molar-refractivity contribution < 1.29 is 0 Å². The first-order valence-electron chi connectivity index (χ1n) is 15.4. The number of nitrogens with zero attached hydrogens (tertiary/aromatic N) is 3. The second-order valence-electron chi connectivity index (χ2n) is 11.3. The van der Waals surface area contributed by atoms with Crippen molar-refractivity contribution >= 4 is 10.8 Å². The van der Waals surface area contributed by atoms with Crippen molar-refractivity contribution in [2.24, 2.45) is 0 Å². The Kier molecular flexibility index (Phi) is 7.18. The van der Waals surface area contributed by atoms with Crippen molar-refractivity contribution in [3.8, 4) is 67.3 Å². The van der Waals surface area contributed by atoms with E-state index in [1.807, 2.05) is 18.3 Å². The van der Waals surface area contributed by atoms with Crippen molar-refractivity contribution in [1.29, 1.82) is 0 Å². The molecule has 0 atom stereocenters. The Morgan fingerprint density at radius 1 is 0.348 bits per heavy atom. The number of rotatable bonds is 6. The summed E-state index contributed by atoms with van der Waals surface area (Å²) < 4.78 is 0. The summed E-state index contributed by atoms with van der Waals surface area (Å²) in [6, 6.07) is 57.3. The van der Waals surface area contributed by atoms with Crippen LogP contribution in [0, 0.1) is 0 Å². The lowest BCUT2D eigenvalue weighted by molar-refractivity contribution is 1.18. The van der Waals surface area contributed by atoms with Crippen LogP contribution in [0.25, 0.3) is 78.1 Å². The maximum absolute atomic E-state index is 5.10. The summed E-state index contributed by atoms with van der Waals surface area (Å²) in [7, 11) is 0. The quantitative estimate of drug-likeness (QED) is 0.194. The minimum atomic E-state index is 0.690. The largest absolute Gasteiger partial charge is 0.264 e. The molecule has 0 saturated heterocycles. The van der Waals surface area contributed by atoms with Crippen LogP contribution in [0.2, 0.25) is 0 Å². The SMILES string of the molecule is c1ccc(-c2ccc(-c3cc(-c4ccc(-c5cccc6ccccc56)cc4)nc(-c4ccc(-c5cccnc5)cc4)n3)cc2)cc1. The topological polar surface area (TPSA) is 38.7 Å². The van der Waals surface area contributed by atoms with Gasteiger partial charge in [0.05, 0.1) is 11.4 Å². The van der Waals surface area contributed by atoms with E-state index in [1.165, 1.54) is 33.0 Å². The van der Waals surface area contributed by atoms with Crippen LogP contribution in [0.1, 0.15) is 0 Å². The number of benzene rings is 6. The van der Waals surface area contributed by atoms with Crippen LogP contribution < -0.4 is 0 Å². The highest BCUT2D eigenvalue weighted by molar-refractivity contribution is 5.96. The van der Waals surface area contributed by atoms with E-state index in [0.717, 1.165) is 39.2 Å². The normalized spacial score (nSPS) is 11.0. The Morgan fingerprint density at radius 2 is 0.870 bits per heavy atom. The van der Waals surface area contributed by atoms with Gasteiger partial charge >= 0.3 is 0 Å². The van der Waals surface area contributed by atoms with Crippen LogP contribution >= 0.6 is 0 Å².